The maximum Gasteiger partial charge on any atom is 0.0406 e. The first-order valence-corrected chi connectivity index (χ1v) is 9.37. The Bertz CT molecular complexity index is 430. The predicted molar refractivity (Wildman–Crippen MR) is 104 cm³/mol. The molecule has 1 aromatic rings. The number of benzene rings is 1. The molecule has 0 amide bonds. The van der Waals surface area contributed by atoms with Gasteiger partial charge < -0.3 is 4.90 Å². The van der Waals surface area contributed by atoms with Gasteiger partial charge in [0.05, 0.1) is 0 Å². The van der Waals surface area contributed by atoms with Crippen LogP contribution in [0, 0.1) is 5.92 Å². The molecule has 1 fully saturated rings. The van der Waals surface area contributed by atoms with Gasteiger partial charge in [0.1, 0.15) is 0 Å². The molecule has 130 valence electrons. The molecule has 0 N–H and O–H groups in total. The quantitative estimate of drug-likeness (QED) is 0.549. The van der Waals surface area contributed by atoms with Gasteiger partial charge in [0, 0.05) is 5.02 Å². The van der Waals surface area contributed by atoms with Crippen molar-refractivity contribution >= 4 is 11.6 Å². The first-order valence-electron chi connectivity index (χ1n) is 8.99. The molecule has 0 saturated carbocycles. The van der Waals surface area contributed by atoms with Gasteiger partial charge in [-0.3, -0.25) is 0 Å². The van der Waals surface area contributed by atoms with Crippen LogP contribution in [0.2, 0.25) is 5.02 Å². The van der Waals surface area contributed by atoms with E-state index >= 15 is 0 Å². The summed E-state index contributed by atoms with van der Waals surface area (Å²) >= 11 is 5.99. The summed E-state index contributed by atoms with van der Waals surface area (Å²) < 4.78 is 0. The molecule has 1 saturated heterocycles. The topological polar surface area (TPSA) is 3.24 Å². The Kier molecular flexibility index (Phi) is 8.94. The second kappa shape index (κ2) is 10.2. The van der Waals surface area contributed by atoms with Crippen LogP contribution in [-0.4, -0.2) is 24.5 Å². The number of hydrogen-bond donors (Lipinski definition) is 0. The fraction of sp³-hybridized carbons (Fsp3) is 0.619. The van der Waals surface area contributed by atoms with Crippen molar-refractivity contribution in [2.24, 2.45) is 5.92 Å². The van der Waals surface area contributed by atoms with E-state index in [1.165, 1.54) is 57.3 Å². The molecular formula is C21H34ClN. The van der Waals surface area contributed by atoms with Crippen LogP contribution < -0.4 is 0 Å². The van der Waals surface area contributed by atoms with Crippen molar-refractivity contribution in [3.63, 3.8) is 0 Å². The van der Waals surface area contributed by atoms with Crippen LogP contribution >= 0.6 is 11.6 Å². The lowest BCUT2D eigenvalue weighted by atomic mass is 9.81. The molecule has 1 heterocycles. The number of halogens is 1. The average molecular weight is 336 g/mol. The standard InChI is InChI=1S/C19H30ClN.C2H4/c1-4-5-16-10-13-21(14-11-16)15-12-19(2,3)17-6-8-18(20)9-7-17;1-2/h6-9,16H,4-5,10-15H2,1-3H3;1-2H2. The molecule has 2 rings (SSSR count). The van der Waals surface area contributed by atoms with E-state index in [0.717, 1.165) is 10.9 Å². The van der Waals surface area contributed by atoms with E-state index in [9.17, 15) is 0 Å². The summed E-state index contributed by atoms with van der Waals surface area (Å²) in [6, 6.07) is 8.37. The van der Waals surface area contributed by atoms with Gasteiger partial charge in [-0.1, -0.05) is 57.3 Å². The zero-order valence-electron chi connectivity index (χ0n) is 15.3. The van der Waals surface area contributed by atoms with Gasteiger partial charge in [-0.25, -0.2) is 0 Å². The van der Waals surface area contributed by atoms with Crippen LogP contribution in [0.3, 0.4) is 0 Å². The van der Waals surface area contributed by atoms with Crippen molar-refractivity contribution in [3.8, 4) is 0 Å². The van der Waals surface area contributed by atoms with Crippen LogP contribution in [0.5, 0.6) is 0 Å². The minimum absolute atomic E-state index is 0.227. The van der Waals surface area contributed by atoms with Gasteiger partial charge in [-0.05, 0) is 67.9 Å². The number of likely N-dealkylation sites (tertiary alicyclic amines) is 1. The Morgan fingerprint density at radius 1 is 1.13 bits per heavy atom. The van der Waals surface area contributed by atoms with Crippen molar-refractivity contribution in [2.45, 2.75) is 58.3 Å². The molecule has 2 heteroatoms. The third-order valence-corrected chi connectivity index (χ3v) is 5.33. The minimum atomic E-state index is 0.227. The molecule has 1 aliphatic heterocycles. The zero-order chi connectivity index (χ0) is 17.3. The van der Waals surface area contributed by atoms with Gasteiger partial charge in [0.25, 0.3) is 0 Å². The summed E-state index contributed by atoms with van der Waals surface area (Å²) in [5, 5.41) is 0.826. The summed E-state index contributed by atoms with van der Waals surface area (Å²) in [7, 11) is 0. The Morgan fingerprint density at radius 2 is 1.70 bits per heavy atom. The largest absolute Gasteiger partial charge is 0.303 e. The molecule has 0 unspecified atom stereocenters. The highest BCUT2D eigenvalue weighted by Crippen LogP contribution is 2.29. The molecule has 0 aromatic heterocycles. The molecule has 1 aromatic carbocycles. The molecule has 1 nitrogen and oxygen atoms in total. The molecule has 0 atom stereocenters. The molecule has 1 aliphatic rings. The first-order chi connectivity index (χ1) is 11.0. The van der Waals surface area contributed by atoms with Crippen molar-refractivity contribution in [2.75, 3.05) is 19.6 Å². The van der Waals surface area contributed by atoms with E-state index in [2.05, 4.69) is 51.0 Å². The molecule has 0 spiro atoms. The average Bonchev–Trinajstić information content (AvgIpc) is 2.57. The van der Waals surface area contributed by atoms with Crippen molar-refractivity contribution in [1.82, 2.24) is 4.90 Å². The summed E-state index contributed by atoms with van der Waals surface area (Å²) in [4.78, 5) is 2.66. The van der Waals surface area contributed by atoms with E-state index in [1.807, 2.05) is 12.1 Å². The van der Waals surface area contributed by atoms with E-state index < -0.39 is 0 Å². The second-order valence-electron chi connectivity index (χ2n) is 7.21. The summed E-state index contributed by atoms with van der Waals surface area (Å²) in [6.45, 7) is 16.8. The van der Waals surface area contributed by atoms with E-state index in [-0.39, 0.29) is 5.41 Å². The molecule has 23 heavy (non-hydrogen) atoms. The normalized spacial score (nSPS) is 16.7. The van der Waals surface area contributed by atoms with Crippen molar-refractivity contribution in [1.29, 1.82) is 0 Å². The zero-order valence-corrected chi connectivity index (χ0v) is 16.0. The molecule has 0 bridgehead atoms. The number of piperidine rings is 1. The lowest BCUT2D eigenvalue weighted by molar-refractivity contribution is 0.167. The Balaban J connectivity index is 0.00000127. The number of hydrogen-bond acceptors (Lipinski definition) is 1. The fourth-order valence-corrected chi connectivity index (χ4v) is 3.52. The molecule has 0 aliphatic carbocycles. The van der Waals surface area contributed by atoms with E-state index in [0.29, 0.717) is 0 Å². The minimum Gasteiger partial charge on any atom is -0.303 e. The summed E-state index contributed by atoms with van der Waals surface area (Å²) in [6.07, 6.45) is 6.77. The van der Waals surface area contributed by atoms with Crippen molar-refractivity contribution < 1.29 is 0 Å². The maximum absolute atomic E-state index is 5.99. The monoisotopic (exact) mass is 335 g/mol. The van der Waals surface area contributed by atoms with E-state index in [1.54, 1.807) is 0 Å². The highest BCUT2D eigenvalue weighted by atomic mass is 35.5. The van der Waals surface area contributed by atoms with Crippen LogP contribution in [0.15, 0.2) is 37.4 Å². The lowest BCUT2D eigenvalue weighted by Crippen LogP contribution is -2.36. The summed E-state index contributed by atoms with van der Waals surface area (Å²) in [5.74, 6) is 0.982. The summed E-state index contributed by atoms with van der Waals surface area (Å²) in [5.41, 5.74) is 1.62. The highest BCUT2D eigenvalue weighted by Gasteiger charge is 2.24. The molecular weight excluding hydrogens is 302 g/mol. The first kappa shape index (κ1) is 20.3. The van der Waals surface area contributed by atoms with Gasteiger partial charge in [0.15, 0.2) is 0 Å². The van der Waals surface area contributed by atoms with Gasteiger partial charge >= 0.3 is 0 Å². The number of nitrogens with zero attached hydrogens (tertiary/aromatic N) is 1. The van der Waals surface area contributed by atoms with Gasteiger partial charge in [-0.15, -0.1) is 13.2 Å². The van der Waals surface area contributed by atoms with Crippen LogP contribution in [0.25, 0.3) is 0 Å². The Hall–Kier alpha value is -0.790. The second-order valence-corrected chi connectivity index (χ2v) is 7.65. The fourth-order valence-electron chi connectivity index (χ4n) is 3.39. The number of rotatable bonds is 6. The third kappa shape index (κ3) is 6.69. The smallest absolute Gasteiger partial charge is 0.0406 e. The SMILES string of the molecule is C=C.CCCC1CCN(CCC(C)(C)c2ccc(Cl)cc2)CC1. The van der Waals surface area contributed by atoms with Gasteiger partial charge in [0.2, 0.25) is 0 Å². The van der Waals surface area contributed by atoms with Crippen LogP contribution in [0.4, 0.5) is 0 Å². The maximum atomic E-state index is 5.99. The van der Waals surface area contributed by atoms with Crippen LogP contribution in [0.1, 0.15) is 58.4 Å². The highest BCUT2D eigenvalue weighted by molar-refractivity contribution is 6.30. The third-order valence-electron chi connectivity index (χ3n) is 5.08. The van der Waals surface area contributed by atoms with Crippen LogP contribution in [-0.2, 0) is 5.41 Å². The lowest BCUT2D eigenvalue weighted by Gasteiger charge is -2.34. The Labute approximate surface area is 148 Å². The predicted octanol–water partition coefficient (Wildman–Crippen LogP) is 6.32. The van der Waals surface area contributed by atoms with E-state index in [4.69, 9.17) is 11.6 Å². The Morgan fingerprint density at radius 3 is 2.22 bits per heavy atom. The molecule has 0 radical (unpaired) electrons. The van der Waals surface area contributed by atoms with Crippen molar-refractivity contribution in [3.05, 3.63) is 48.0 Å². The van der Waals surface area contributed by atoms with Gasteiger partial charge in [-0.2, -0.15) is 0 Å².